The minimum atomic E-state index is -0.344. The maximum atomic E-state index is 12.9. The Labute approximate surface area is 189 Å². The summed E-state index contributed by atoms with van der Waals surface area (Å²) in [5.41, 5.74) is 2.75. The number of aromatic nitrogens is 2. The second-order valence-electron chi connectivity index (χ2n) is 7.88. The van der Waals surface area contributed by atoms with Crippen molar-refractivity contribution in [2.24, 2.45) is 0 Å². The zero-order chi connectivity index (χ0) is 22.1. The molecule has 1 unspecified atom stereocenters. The molecule has 2 aromatic carbocycles. The highest BCUT2D eigenvalue weighted by molar-refractivity contribution is 7.13. The number of likely N-dealkylation sites (tertiary alicyclic amines) is 1. The molecular formula is C23H22N4O4S. The second-order valence-corrected chi connectivity index (χ2v) is 8.88. The molecule has 5 rings (SSSR count). The van der Waals surface area contributed by atoms with Crippen LogP contribution in [-0.2, 0) is 11.2 Å². The van der Waals surface area contributed by atoms with Crippen molar-refractivity contribution in [3.05, 3.63) is 63.6 Å². The number of hydrogen-bond donors (Lipinski definition) is 1. The van der Waals surface area contributed by atoms with Crippen molar-refractivity contribution in [3.63, 3.8) is 0 Å². The first kappa shape index (κ1) is 20.4. The number of ether oxygens (including phenoxy) is 2. The van der Waals surface area contributed by atoms with Crippen molar-refractivity contribution in [2.75, 3.05) is 18.7 Å². The van der Waals surface area contributed by atoms with Gasteiger partial charge in [-0.3, -0.25) is 9.59 Å². The number of nitrogens with one attached hydrogen (secondary N) is 1. The largest absolute Gasteiger partial charge is 0.454 e. The standard InChI is InChI=1S/C23H22N4O4S/c1-14-4-6-15(7-5-14)11-20(28)27-10-2-3-17(27)22-25-26-23(32-22)21(29)24-16-8-9-18-19(12-16)31-13-30-18/h4-9,12,17H,2-3,10-11,13H2,1H3,(H,24,29). The maximum absolute atomic E-state index is 12.9. The lowest BCUT2D eigenvalue weighted by atomic mass is 10.1. The summed E-state index contributed by atoms with van der Waals surface area (Å²) in [6.07, 6.45) is 2.08. The van der Waals surface area contributed by atoms with Gasteiger partial charge in [-0.05, 0) is 37.5 Å². The van der Waals surface area contributed by atoms with Crippen LogP contribution in [0.15, 0.2) is 42.5 Å². The lowest BCUT2D eigenvalue weighted by Crippen LogP contribution is -2.31. The molecule has 0 bridgehead atoms. The van der Waals surface area contributed by atoms with Gasteiger partial charge in [-0.1, -0.05) is 41.2 Å². The summed E-state index contributed by atoms with van der Waals surface area (Å²) in [5.74, 6) is 0.966. The molecule has 1 atom stereocenters. The van der Waals surface area contributed by atoms with Crippen LogP contribution in [0.5, 0.6) is 11.5 Å². The van der Waals surface area contributed by atoms with Gasteiger partial charge in [-0.2, -0.15) is 0 Å². The van der Waals surface area contributed by atoms with E-state index in [2.05, 4.69) is 15.5 Å². The van der Waals surface area contributed by atoms with E-state index in [1.165, 1.54) is 16.9 Å². The van der Waals surface area contributed by atoms with E-state index in [0.29, 0.717) is 35.2 Å². The van der Waals surface area contributed by atoms with E-state index < -0.39 is 0 Å². The molecular weight excluding hydrogens is 428 g/mol. The molecule has 32 heavy (non-hydrogen) atoms. The number of carbonyl (C=O) groups is 2. The topological polar surface area (TPSA) is 93.7 Å². The molecule has 0 spiro atoms. The maximum Gasteiger partial charge on any atom is 0.286 e. The fourth-order valence-corrected chi connectivity index (χ4v) is 4.81. The number of fused-ring (bicyclic) bond motifs is 1. The summed E-state index contributed by atoms with van der Waals surface area (Å²) in [4.78, 5) is 27.5. The Kier molecular flexibility index (Phi) is 5.48. The van der Waals surface area contributed by atoms with Gasteiger partial charge in [0.1, 0.15) is 5.01 Å². The van der Waals surface area contributed by atoms with Crippen molar-refractivity contribution in [1.82, 2.24) is 15.1 Å². The number of anilines is 1. The molecule has 3 aromatic rings. The van der Waals surface area contributed by atoms with Crippen LogP contribution >= 0.6 is 11.3 Å². The second kappa shape index (κ2) is 8.58. The number of carbonyl (C=O) groups excluding carboxylic acids is 2. The third kappa shape index (κ3) is 4.16. The lowest BCUT2D eigenvalue weighted by Gasteiger charge is -2.22. The highest BCUT2D eigenvalue weighted by Crippen LogP contribution is 2.36. The van der Waals surface area contributed by atoms with Crippen LogP contribution in [0, 0.1) is 6.92 Å². The minimum Gasteiger partial charge on any atom is -0.454 e. The summed E-state index contributed by atoms with van der Waals surface area (Å²) in [6, 6.07) is 13.1. The molecule has 0 saturated carbocycles. The Hall–Kier alpha value is -3.46. The smallest absolute Gasteiger partial charge is 0.286 e. The summed E-state index contributed by atoms with van der Waals surface area (Å²) in [6.45, 7) is 2.89. The third-order valence-electron chi connectivity index (χ3n) is 5.60. The van der Waals surface area contributed by atoms with Gasteiger partial charge in [-0.25, -0.2) is 0 Å². The molecule has 2 amide bonds. The van der Waals surface area contributed by atoms with Gasteiger partial charge in [-0.15, -0.1) is 10.2 Å². The van der Waals surface area contributed by atoms with Crippen molar-refractivity contribution in [1.29, 1.82) is 0 Å². The molecule has 0 aliphatic carbocycles. The average Bonchev–Trinajstić information content (AvgIpc) is 3.54. The Morgan fingerprint density at radius 3 is 2.78 bits per heavy atom. The van der Waals surface area contributed by atoms with Crippen LogP contribution in [0.4, 0.5) is 5.69 Å². The van der Waals surface area contributed by atoms with Crippen LogP contribution in [-0.4, -0.2) is 40.2 Å². The highest BCUT2D eigenvalue weighted by Gasteiger charge is 2.33. The summed E-state index contributed by atoms with van der Waals surface area (Å²) < 4.78 is 10.6. The molecule has 8 nitrogen and oxygen atoms in total. The fourth-order valence-electron chi connectivity index (χ4n) is 3.92. The predicted molar refractivity (Wildman–Crippen MR) is 119 cm³/mol. The number of aryl methyl sites for hydroxylation is 1. The summed E-state index contributed by atoms with van der Waals surface area (Å²) >= 11 is 1.23. The van der Waals surface area contributed by atoms with Gasteiger partial charge >= 0.3 is 0 Å². The number of nitrogens with zero attached hydrogens (tertiary/aromatic N) is 3. The Balaban J connectivity index is 1.26. The number of benzene rings is 2. The normalized spacial score (nSPS) is 16.9. The molecule has 164 valence electrons. The van der Waals surface area contributed by atoms with E-state index in [0.717, 1.165) is 18.4 Å². The van der Waals surface area contributed by atoms with E-state index in [1.807, 2.05) is 36.1 Å². The monoisotopic (exact) mass is 450 g/mol. The highest BCUT2D eigenvalue weighted by atomic mass is 32.1. The van der Waals surface area contributed by atoms with Gasteiger partial charge < -0.3 is 19.7 Å². The molecule has 1 N–H and O–H groups in total. The lowest BCUT2D eigenvalue weighted by molar-refractivity contribution is -0.131. The van der Waals surface area contributed by atoms with E-state index in [9.17, 15) is 9.59 Å². The van der Waals surface area contributed by atoms with E-state index in [1.54, 1.807) is 18.2 Å². The van der Waals surface area contributed by atoms with Gasteiger partial charge in [0.05, 0.1) is 12.5 Å². The first-order chi connectivity index (χ1) is 15.6. The fraction of sp³-hybridized carbons (Fsp3) is 0.304. The molecule has 1 fully saturated rings. The van der Waals surface area contributed by atoms with Crippen LogP contribution in [0.1, 0.15) is 44.8 Å². The molecule has 2 aliphatic heterocycles. The van der Waals surface area contributed by atoms with Crippen molar-refractivity contribution >= 4 is 28.8 Å². The molecule has 9 heteroatoms. The average molecular weight is 451 g/mol. The van der Waals surface area contributed by atoms with Crippen molar-refractivity contribution in [3.8, 4) is 11.5 Å². The van der Waals surface area contributed by atoms with Crippen molar-refractivity contribution < 1.29 is 19.1 Å². The Morgan fingerprint density at radius 1 is 1.12 bits per heavy atom. The van der Waals surface area contributed by atoms with E-state index >= 15 is 0 Å². The zero-order valence-electron chi connectivity index (χ0n) is 17.5. The van der Waals surface area contributed by atoms with Gasteiger partial charge in [0, 0.05) is 18.3 Å². The number of rotatable bonds is 5. The third-order valence-corrected chi connectivity index (χ3v) is 6.62. The van der Waals surface area contributed by atoms with Crippen LogP contribution in [0.2, 0.25) is 0 Å². The van der Waals surface area contributed by atoms with Gasteiger partial charge in [0.15, 0.2) is 11.5 Å². The molecule has 1 saturated heterocycles. The quantitative estimate of drug-likeness (QED) is 0.637. The van der Waals surface area contributed by atoms with Gasteiger partial charge in [0.25, 0.3) is 5.91 Å². The van der Waals surface area contributed by atoms with Crippen molar-refractivity contribution in [2.45, 2.75) is 32.2 Å². The number of hydrogen-bond acceptors (Lipinski definition) is 7. The first-order valence-electron chi connectivity index (χ1n) is 10.5. The Bertz CT molecular complexity index is 1160. The van der Waals surface area contributed by atoms with Crippen LogP contribution in [0.3, 0.4) is 0 Å². The molecule has 3 heterocycles. The molecule has 2 aliphatic rings. The van der Waals surface area contributed by atoms with Crippen LogP contribution in [0.25, 0.3) is 0 Å². The van der Waals surface area contributed by atoms with Crippen LogP contribution < -0.4 is 14.8 Å². The number of amides is 2. The predicted octanol–water partition coefficient (Wildman–Crippen LogP) is 3.73. The minimum absolute atomic E-state index is 0.0675. The SMILES string of the molecule is Cc1ccc(CC(=O)N2CCCC2c2nnc(C(=O)Nc3ccc4c(c3)OCO4)s2)cc1. The van der Waals surface area contributed by atoms with E-state index in [-0.39, 0.29) is 29.7 Å². The zero-order valence-corrected chi connectivity index (χ0v) is 18.4. The first-order valence-corrected chi connectivity index (χ1v) is 11.3. The molecule has 1 aromatic heterocycles. The Morgan fingerprint density at radius 2 is 1.94 bits per heavy atom. The van der Waals surface area contributed by atoms with Gasteiger partial charge in [0.2, 0.25) is 17.7 Å². The van der Waals surface area contributed by atoms with E-state index in [4.69, 9.17) is 9.47 Å². The summed E-state index contributed by atoms with van der Waals surface area (Å²) in [7, 11) is 0. The summed E-state index contributed by atoms with van der Waals surface area (Å²) in [5, 5.41) is 12.1. The molecule has 0 radical (unpaired) electrons.